The average Bonchev–Trinajstić information content (AvgIpc) is 3.06. The minimum atomic E-state index is 0.0627. The summed E-state index contributed by atoms with van der Waals surface area (Å²) in [6, 6.07) is 18.8. The summed E-state index contributed by atoms with van der Waals surface area (Å²) in [5.41, 5.74) is 4.54. The van der Waals surface area contributed by atoms with Crippen LogP contribution in [-0.4, -0.2) is 35.9 Å². The van der Waals surface area contributed by atoms with Crippen molar-refractivity contribution in [3.63, 3.8) is 0 Å². The van der Waals surface area contributed by atoms with Gasteiger partial charge in [-0.15, -0.1) is 11.3 Å². The lowest BCUT2D eigenvalue weighted by Gasteiger charge is -2.16. The topological polar surface area (TPSA) is 45.2 Å². The molecule has 0 radical (unpaired) electrons. The standard InChI is InChI=1S/C24H29N3OS/c1-18-10-12-21(13-11-18)24-22(29-19(2)26-24)16-23(28)25-14-7-15-27(3)17-20-8-5-4-6-9-20/h4-6,8-13H,7,14-17H2,1-3H3,(H,25,28). The fourth-order valence-electron chi connectivity index (χ4n) is 3.29. The monoisotopic (exact) mass is 407 g/mol. The molecule has 3 rings (SSSR count). The lowest BCUT2D eigenvalue weighted by Crippen LogP contribution is -2.29. The summed E-state index contributed by atoms with van der Waals surface area (Å²) in [5, 5.41) is 4.05. The van der Waals surface area contributed by atoms with Crippen molar-refractivity contribution >= 4 is 17.2 Å². The van der Waals surface area contributed by atoms with E-state index in [0.717, 1.165) is 40.7 Å². The summed E-state index contributed by atoms with van der Waals surface area (Å²) < 4.78 is 0. The van der Waals surface area contributed by atoms with Crippen molar-refractivity contribution in [2.45, 2.75) is 33.2 Å². The molecule has 0 aliphatic carbocycles. The van der Waals surface area contributed by atoms with Gasteiger partial charge >= 0.3 is 0 Å². The highest BCUT2D eigenvalue weighted by atomic mass is 32.1. The number of nitrogens with zero attached hydrogens (tertiary/aromatic N) is 2. The van der Waals surface area contributed by atoms with Gasteiger partial charge in [0.2, 0.25) is 5.91 Å². The molecular formula is C24H29N3OS. The molecule has 0 atom stereocenters. The van der Waals surface area contributed by atoms with Crippen molar-refractivity contribution < 1.29 is 4.79 Å². The summed E-state index contributed by atoms with van der Waals surface area (Å²) in [4.78, 5) is 20.4. The maximum atomic E-state index is 12.4. The minimum Gasteiger partial charge on any atom is -0.356 e. The molecule has 0 saturated carbocycles. The largest absolute Gasteiger partial charge is 0.356 e. The number of hydrogen-bond acceptors (Lipinski definition) is 4. The lowest BCUT2D eigenvalue weighted by atomic mass is 10.1. The highest BCUT2D eigenvalue weighted by molar-refractivity contribution is 7.12. The van der Waals surface area contributed by atoms with Crippen LogP contribution in [0.5, 0.6) is 0 Å². The molecule has 0 unspecified atom stereocenters. The van der Waals surface area contributed by atoms with Crippen molar-refractivity contribution in [1.29, 1.82) is 0 Å². The zero-order valence-electron chi connectivity index (χ0n) is 17.4. The van der Waals surface area contributed by atoms with Gasteiger partial charge in [0.15, 0.2) is 0 Å². The van der Waals surface area contributed by atoms with E-state index in [1.54, 1.807) is 11.3 Å². The quantitative estimate of drug-likeness (QED) is 0.527. The first-order chi connectivity index (χ1) is 14.0. The predicted octanol–water partition coefficient (Wildman–Crippen LogP) is 4.61. The highest BCUT2D eigenvalue weighted by Gasteiger charge is 2.14. The van der Waals surface area contributed by atoms with Gasteiger partial charge in [-0.05, 0) is 39.4 Å². The first-order valence-corrected chi connectivity index (χ1v) is 10.9. The molecule has 1 N–H and O–H groups in total. The Morgan fingerprint density at radius 3 is 2.52 bits per heavy atom. The van der Waals surface area contributed by atoms with E-state index in [1.165, 1.54) is 11.1 Å². The molecule has 0 spiro atoms. The van der Waals surface area contributed by atoms with E-state index in [-0.39, 0.29) is 5.91 Å². The molecule has 0 saturated heterocycles. The number of carbonyl (C=O) groups is 1. The maximum Gasteiger partial charge on any atom is 0.225 e. The van der Waals surface area contributed by atoms with E-state index in [2.05, 4.69) is 77.7 Å². The molecule has 0 aliphatic rings. The third kappa shape index (κ3) is 6.51. The maximum absolute atomic E-state index is 12.4. The summed E-state index contributed by atoms with van der Waals surface area (Å²) in [6.45, 7) is 6.63. The second-order valence-electron chi connectivity index (χ2n) is 7.47. The zero-order valence-corrected chi connectivity index (χ0v) is 18.3. The molecule has 2 aromatic carbocycles. The van der Waals surface area contributed by atoms with E-state index < -0.39 is 0 Å². The summed E-state index contributed by atoms with van der Waals surface area (Å²) >= 11 is 1.61. The van der Waals surface area contributed by atoms with Crippen LogP contribution >= 0.6 is 11.3 Å². The Bertz CT molecular complexity index is 919. The van der Waals surface area contributed by atoms with E-state index in [0.29, 0.717) is 13.0 Å². The van der Waals surface area contributed by atoms with Crippen LogP contribution in [0.15, 0.2) is 54.6 Å². The van der Waals surface area contributed by atoms with Crippen LogP contribution in [0.4, 0.5) is 0 Å². The van der Waals surface area contributed by atoms with Gasteiger partial charge in [0.1, 0.15) is 0 Å². The number of benzene rings is 2. The van der Waals surface area contributed by atoms with Crippen molar-refractivity contribution in [2.24, 2.45) is 0 Å². The van der Waals surface area contributed by atoms with Crippen molar-refractivity contribution in [3.05, 3.63) is 75.6 Å². The Morgan fingerprint density at radius 2 is 1.79 bits per heavy atom. The normalized spacial score (nSPS) is 11.0. The number of aromatic nitrogens is 1. The number of nitrogens with one attached hydrogen (secondary N) is 1. The fourth-order valence-corrected chi connectivity index (χ4v) is 4.24. The average molecular weight is 408 g/mol. The molecule has 152 valence electrons. The van der Waals surface area contributed by atoms with Crippen molar-refractivity contribution in [3.8, 4) is 11.3 Å². The Labute approximate surface area is 177 Å². The Kier molecular flexibility index (Phi) is 7.55. The Balaban J connectivity index is 1.46. The zero-order chi connectivity index (χ0) is 20.6. The molecule has 0 fully saturated rings. The second kappa shape index (κ2) is 10.3. The van der Waals surface area contributed by atoms with E-state index in [9.17, 15) is 4.79 Å². The molecule has 0 aliphatic heterocycles. The van der Waals surface area contributed by atoms with Gasteiger partial charge in [-0.3, -0.25) is 4.79 Å². The predicted molar refractivity (Wildman–Crippen MR) is 121 cm³/mol. The molecule has 1 heterocycles. The second-order valence-corrected chi connectivity index (χ2v) is 8.76. The van der Waals surface area contributed by atoms with E-state index >= 15 is 0 Å². The SMILES string of the molecule is Cc1ccc(-c2nc(C)sc2CC(=O)NCCCN(C)Cc2ccccc2)cc1. The van der Waals surface area contributed by atoms with Gasteiger partial charge in [-0.25, -0.2) is 4.98 Å². The van der Waals surface area contributed by atoms with Crippen LogP contribution in [0, 0.1) is 13.8 Å². The van der Waals surface area contributed by atoms with Gasteiger partial charge in [-0.2, -0.15) is 0 Å². The Morgan fingerprint density at radius 1 is 1.07 bits per heavy atom. The van der Waals surface area contributed by atoms with Crippen LogP contribution in [0.1, 0.15) is 27.4 Å². The van der Waals surface area contributed by atoms with Crippen LogP contribution < -0.4 is 5.32 Å². The van der Waals surface area contributed by atoms with Gasteiger partial charge in [0, 0.05) is 23.5 Å². The third-order valence-corrected chi connectivity index (χ3v) is 5.76. The van der Waals surface area contributed by atoms with Gasteiger partial charge in [0.25, 0.3) is 0 Å². The fraction of sp³-hybridized carbons (Fsp3) is 0.333. The number of hydrogen-bond donors (Lipinski definition) is 1. The van der Waals surface area contributed by atoms with Gasteiger partial charge in [0.05, 0.1) is 17.1 Å². The molecule has 4 nitrogen and oxygen atoms in total. The smallest absolute Gasteiger partial charge is 0.225 e. The minimum absolute atomic E-state index is 0.0627. The van der Waals surface area contributed by atoms with E-state index in [1.807, 2.05) is 13.0 Å². The summed E-state index contributed by atoms with van der Waals surface area (Å²) in [7, 11) is 2.11. The number of carbonyl (C=O) groups excluding carboxylic acids is 1. The molecule has 29 heavy (non-hydrogen) atoms. The number of amides is 1. The van der Waals surface area contributed by atoms with Crippen LogP contribution in [0.25, 0.3) is 11.3 Å². The molecule has 5 heteroatoms. The first-order valence-electron chi connectivity index (χ1n) is 10.0. The van der Waals surface area contributed by atoms with Crippen LogP contribution in [0.3, 0.4) is 0 Å². The van der Waals surface area contributed by atoms with Crippen LogP contribution in [0.2, 0.25) is 0 Å². The van der Waals surface area contributed by atoms with Crippen molar-refractivity contribution in [2.75, 3.05) is 20.1 Å². The lowest BCUT2D eigenvalue weighted by molar-refractivity contribution is -0.120. The number of thiazole rings is 1. The molecule has 1 aromatic heterocycles. The molecule has 0 bridgehead atoms. The first kappa shape index (κ1) is 21.2. The number of rotatable bonds is 9. The Hall–Kier alpha value is -2.50. The highest BCUT2D eigenvalue weighted by Crippen LogP contribution is 2.28. The van der Waals surface area contributed by atoms with E-state index in [4.69, 9.17) is 0 Å². The third-order valence-electron chi connectivity index (χ3n) is 4.78. The summed E-state index contributed by atoms with van der Waals surface area (Å²) in [6.07, 6.45) is 1.32. The molecule has 1 amide bonds. The molecule has 3 aromatic rings. The summed E-state index contributed by atoms with van der Waals surface area (Å²) in [5.74, 6) is 0.0627. The van der Waals surface area contributed by atoms with Crippen LogP contribution in [-0.2, 0) is 17.8 Å². The van der Waals surface area contributed by atoms with Crippen molar-refractivity contribution in [1.82, 2.24) is 15.2 Å². The van der Waals surface area contributed by atoms with Gasteiger partial charge < -0.3 is 10.2 Å². The van der Waals surface area contributed by atoms with Gasteiger partial charge in [-0.1, -0.05) is 60.2 Å². The molecular weight excluding hydrogens is 378 g/mol. The number of aryl methyl sites for hydroxylation is 2.